The van der Waals surface area contributed by atoms with Crippen LogP contribution in [0.2, 0.25) is 0 Å². The van der Waals surface area contributed by atoms with Crippen LogP contribution in [0.25, 0.3) is 0 Å². The van der Waals surface area contributed by atoms with Gasteiger partial charge in [-0.1, -0.05) is 25.7 Å². The number of nitro benzene ring substituents is 1. The van der Waals surface area contributed by atoms with E-state index in [1.807, 2.05) is 0 Å². The molecule has 0 saturated heterocycles. The number of hydrogen-bond donors (Lipinski definition) is 1. The first-order valence-corrected chi connectivity index (χ1v) is 9.30. The van der Waals surface area contributed by atoms with Gasteiger partial charge in [-0.15, -0.1) is 0 Å². The molecule has 0 radical (unpaired) electrons. The molecule has 1 fully saturated rings. The molecule has 1 amide bonds. The van der Waals surface area contributed by atoms with E-state index in [9.17, 15) is 14.9 Å². The van der Waals surface area contributed by atoms with Gasteiger partial charge in [0.2, 0.25) is 0 Å². The molecule has 7 heteroatoms. The molecular formula is C20H24N2O5. The Morgan fingerprint density at radius 1 is 1.22 bits per heavy atom. The summed E-state index contributed by atoms with van der Waals surface area (Å²) in [4.78, 5) is 22.8. The molecule has 1 aromatic carbocycles. The number of furan rings is 1. The van der Waals surface area contributed by atoms with Crippen LogP contribution in [-0.2, 0) is 6.61 Å². The van der Waals surface area contributed by atoms with Gasteiger partial charge >= 0.3 is 0 Å². The van der Waals surface area contributed by atoms with Crippen LogP contribution in [0.1, 0.15) is 60.4 Å². The fourth-order valence-corrected chi connectivity index (χ4v) is 3.33. The topological polar surface area (TPSA) is 94.6 Å². The molecule has 0 aliphatic heterocycles. The summed E-state index contributed by atoms with van der Waals surface area (Å²) in [5.41, 5.74) is 0.582. The van der Waals surface area contributed by atoms with Gasteiger partial charge in [0.1, 0.15) is 18.1 Å². The second-order valence-corrected chi connectivity index (χ2v) is 6.92. The highest BCUT2D eigenvalue weighted by Gasteiger charge is 2.18. The molecule has 2 aromatic rings. The van der Waals surface area contributed by atoms with Crippen molar-refractivity contribution in [3.05, 3.63) is 57.5 Å². The van der Waals surface area contributed by atoms with Crippen molar-refractivity contribution in [2.75, 3.05) is 0 Å². The Morgan fingerprint density at radius 3 is 2.63 bits per heavy atom. The molecule has 1 heterocycles. The predicted molar refractivity (Wildman–Crippen MR) is 99.8 cm³/mol. The van der Waals surface area contributed by atoms with Crippen LogP contribution < -0.4 is 10.1 Å². The van der Waals surface area contributed by atoms with Gasteiger partial charge in [0.05, 0.1) is 4.92 Å². The number of amides is 1. The first kappa shape index (κ1) is 18.9. The normalized spacial score (nSPS) is 15.1. The van der Waals surface area contributed by atoms with E-state index in [1.165, 1.54) is 18.9 Å². The van der Waals surface area contributed by atoms with Gasteiger partial charge in [-0.3, -0.25) is 14.9 Å². The van der Waals surface area contributed by atoms with Crippen molar-refractivity contribution in [3.8, 4) is 5.75 Å². The number of nitro groups is 1. The first-order chi connectivity index (χ1) is 13.0. The van der Waals surface area contributed by atoms with Crippen LogP contribution in [0.4, 0.5) is 5.69 Å². The standard InChI is InChI=1S/C20H24N2O5/c1-14-12-16(8-10-18(14)22(24)25)26-13-17-9-11-19(27-17)20(23)21-15-6-4-2-3-5-7-15/h8-12,15H,2-7,13H2,1H3,(H,21,23). The average Bonchev–Trinajstić information content (AvgIpc) is 2.97. The molecule has 1 N–H and O–H groups in total. The first-order valence-electron chi connectivity index (χ1n) is 9.30. The highest BCUT2D eigenvalue weighted by molar-refractivity contribution is 5.91. The van der Waals surface area contributed by atoms with E-state index in [1.54, 1.807) is 31.2 Å². The van der Waals surface area contributed by atoms with E-state index >= 15 is 0 Å². The van der Waals surface area contributed by atoms with Gasteiger partial charge in [-0.05, 0) is 44.0 Å². The zero-order valence-corrected chi connectivity index (χ0v) is 15.4. The van der Waals surface area contributed by atoms with E-state index in [2.05, 4.69) is 5.32 Å². The van der Waals surface area contributed by atoms with Crippen molar-refractivity contribution in [2.45, 2.75) is 58.1 Å². The number of benzene rings is 1. The Morgan fingerprint density at radius 2 is 1.96 bits per heavy atom. The summed E-state index contributed by atoms with van der Waals surface area (Å²) in [6.07, 6.45) is 6.80. The number of rotatable bonds is 6. The van der Waals surface area contributed by atoms with Crippen molar-refractivity contribution in [1.82, 2.24) is 5.32 Å². The molecule has 7 nitrogen and oxygen atoms in total. The van der Waals surface area contributed by atoms with Crippen molar-refractivity contribution < 1.29 is 18.9 Å². The maximum atomic E-state index is 12.3. The van der Waals surface area contributed by atoms with Gasteiger partial charge in [-0.2, -0.15) is 0 Å². The fraction of sp³-hybridized carbons (Fsp3) is 0.450. The van der Waals surface area contributed by atoms with E-state index in [0.717, 1.165) is 25.7 Å². The molecule has 1 saturated carbocycles. The molecule has 1 aliphatic rings. The van der Waals surface area contributed by atoms with Crippen LogP contribution in [0.3, 0.4) is 0 Å². The quantitative estimate of drug-likeness (QED) is 0.457. The third kappa shape index (κ3) is 5.09. The monoisotopic (exact) mass is 372 g/mol. The Labute approximate surface area is 157 Å². The van der Waals surface area contributed by atoms with Gasteiger partial charge < -0.3 is 14.5 Å². The summed E-state index contributed by atoms with van der Waals surface area (Å²) >= 11 is 0. The van der Waals surface area contributed by atoms with Crippen LogP contribution in [0.5, 0.6) is 5.75 Å². The minimum Gasteiger partial charge on any atom is -0.486 e. The second-order valence-electron chi connectivity index (χ2n) is 6.92. The van der Waals surface area contributed by atoms with Gasteiger partial charge in [-0.25, -0.2) is 0 Å². The molecule has 0 atom stereocenters. The largest absolute Gasteiger partial charge is 0.486 e. The van der Waals surface area contributed by atoms with Crippen molar-refractivity contribution >= 4 is 11.6 Å². The highest BCUT2D eigenvalue weighted by Crippen LogP contribution is 2.24. The fourth-order valence-electron chi connectivity index (χ4n) is 3.33. The third-order valence-corrected chi connectivity index (χ3v) is 4.82. The number of carbonyl (C=O) groups excluding carboxylic acids is 1. The predicted octanol–water partition coefficient (Wildman–Crippen LogP) is 4.53. The van der Waals surface area contributed by atoms with Crippen LogP contribution in [0, 0.1) is 17.0 Å². The van der Waals surface area contributed by atoms with Gasteiger partial charge in [0.15, 0.2) is 5.76 Å². The van der Waals surface area contributed by atoms with Gasteiger partial charge in [0, 0.05) is 17.7 Å². The van der Waals surface area contributed by atoms with Crippen molar-refractivity contribution in [2.24, 2.45) is 0 Å². The Bertz CT molecular complexity index is 806. The van der Waals surface area contributed by atoms with E-state index in [4.69, 9.17) is 9.15 Å². The number of aryl methyl sites for hydroxylation is 1. The lowest BCUT2D eigenvalue weighted by molar-refractivity contribution is -0.385. The zero-order chi connectivity index (χ0) is 19.2. The lowest BCUT2D eigenvalue weighted by Gasteiger charge is -2.15. The summed E-state index contributed by atoms with van der Waals surface area (Å²) in [6, 6.07) is 8.15. The smallest absolute Gasteiger partial charge is 0.287 e. The SMILES string of the molecule is Cc1cc(OCc2ccc(C(=O)NC3CCCCCC3)o2)ccc1[N+](=O)[O-]. The molecule has 1 aromatic heterocycles. The molecule has 27 heavy (non-hydrogen) atoms. The highest BCUT2D eigenvalue weighted by atomic mass is 16.6. The average molecular weight is 372 g/mol. The number of nitrogens with zero attached hydrogens (tertiary/aromatic N) is 1. The molecule has 0 unspecified atom stereocenters. The number of ether oxygens (including phenoxy) is 1. The lowest BCUT2D eigenvalue weighted by Crippen LogP contribution is -2.34. The minimum atomic E-state index is -0.426. The summed E-state index contributed by atoms with van der Waals surface area (Å²) in [5.74, 6) is 1.12. The molecular weight excluding hydrogens is 348 g/mol. The third-order valence-electron chi connectivity index (χ3n) is 4.82. The number of nitrogens with one attached hydrogen (secondary N) is 1. The Hall–Kier alpha value is -2.83. The molecule has 0 spiro atoms. The maximum Gasteiger partial charge on any atom is 0.287 e. The van der Waals surface area contributed by atoms with Crippen LogP contribution in [-0.4, -0.2) is 16.9 Å². The van der Waals surface area contributed by atoms with Crippen molar-refractivity contribution in [1.29, 1.82) is 0 Å². The van der Waals surface area contributed by atoms with Gasteiger partial charge in [0.25, 0.3) is 11.6 Å². The van der Waals surface area contributed by atoms with Crippen LogP contribution in [0.15, 0.2) is 34.7 Å². The summed E-state index contributed by atoms with van der Waals surface area (Å²) in [5, 5.41) is 13.9. The van der Waals surface area contributed by atoms with E-state index < -0.39 is 4.92 Å². The number of hydrogen-bond acceptors (Lipinski definition) is 5. The Balaban J connectivity index is 1.55. The second kappa shape index (κ2) is 8.70. The molecule has 0 bridgehead atoms. The molecule has 3 rings (SSSR count). The summed E-state index contributed by atoms with van der Waals surface area (Å²) in [7, 11) is 0. The summed E-state index contributed by atoms with van der Waals surface area (Å²) < 4.78 is 11.2. The lowest BCUT2D eigenvalue weighted by atomic mass is 10.1. The van der Waals surface area contributed by atoms with E-state index in [-0.39, 0.29) is 30.0 Å². The Kier molecular flexibility index (Phi) is 6.11. The minimum absolute atomic E-state index is 0.0535. The zero-order valence-electron chi connectivity index (χ0n) is 15.4. The summed E-state index contributed by atoms with van der Waals surface area (Å²) in [6.45, 7) is 1.81. The number of carbonyl (C=O) groups is 1. The maximum absolute atomic E-state index is 12.3. The molecule has 1 aliphatic carbocycles. The van der Waals surface area contributed by atoms with E-state index in [0.29, 0.717) is 17.1 Å². The molecule has 144 valence electrons. The van der Waals surface area contributed by atoms with Crippen LogP contribution >= 0.6 is 0 Å². The van der Waals surface area contributed by atoms with Crippen molar-refractivity contribution in [3.63, 3.8) is 0 Å².